The number of halogens is 5. The van der Waals surface area contributed by atoms with Crippen LogP contribution in [-0.4, -0.2) is 16.3 Å². The standard InChI is InChI=1S/C7H3BrF3IN2O3/c8-2-3-1-4(17-7(9,10)11)6(14(15)16)13-5(3)12/h1H,2H2. The highest BCUT2D eigenvalue weighted by atomic mass is 127. The number of ether oxygens (including phenoxy) is 1. The third-order valence-corrected chi connectivity index (χ3v) is 3.08. The number of nitrogens with zero attached hydrogens (tertiary/aromatic N) is 2. The molecule has 0 N–H and O–H groups in total. The lowest BCUT2D eigenvalue weighted by Crippen LogP contribution is -2.18. The molecular formula is C7H3BrF3IN2O3. The summed E-state index contributed by atoms with van der Waals surface area (Å²) in [5.74, 6) is -1.88. The summed E-state index contributed by atoms with van der Waals surface area (Å²) in [6, 6.07) is 0.940. The van der Waals surface area contributed by atoms with Crippen molar-refractivity contribution in [1.29, 1.82) is 0 Å². The number of alkyl halides is 4. The van der Waals surface area contributed by atoms with Crippen LogP contribution >= 0.6 is 38.5 Å². The molecule has 0 spiro atoms. The van der Waals surface area contributed by atoms with Gasteiger partial charge in [-0.3, -0.25) is 0 Å². The minimum Gasteiger partial charge on any atom is -0.397 e. The number of rotatable bonds is 3. The minimum atomic E-state index is -5.00. The molecule has 0 unspecified atom stereocenters. The maximum atomic E-state index is 12.0. The molecule has 5 nitrogen and oxygen atoms in total. The molecule has 94 valence electrons. The van der Waals surface area contributed by atoms with Gasteiger partial charge in [-0.05, 0) is 16.0 Å². The van der Waals surface area contributed by atoms with Crippen LogP contribution in [0.25, 0.3) is 0 Å². The molecule has 0 aliphatic rings. The molecule has 10 heteroatoms. The van der Waals surface area contributed by atoms with E-state index in [-0.39, 0.29) is 9.03 Å². The van der Waals surface area contributed by atoms with Crippen LogP contribution < -0.4 is 4.74 Å². The van der Waals surface area contributed by atoms with Gasteiger partial charge in [0.05, 0.1) is 0 Å². The Morgan fingerprint density at radius 1 is 1.59 bits per heavy atom. The minimum absolute atomic E-state index is 0.213. The Balaban J connectivity index is 3.29. The third kappa shape index (κ3) is 3.94. The molecule has 0 amide bonds. The second-order valence-corrected chi connectivity index (χ2v) is 4.28. The first-order valence-corrected chi connectivity index (χ1v) is 6.10. The van der Waals surface area contributed by atoms with Gasteiger partial charge in [0, 0.05) is 33.5 Å². The van der Waals surface area contributed by atoms with Gasteiger partial charge < -0.3 is 14.9 Å². The van der Waals surface area contributed by atoms with Crippen molar-refractivity contribution in [3.05, 3.63) is 25.4 Å². The highest BCUT2D eigenvalue weighted by molar-refractivity contribution is 14.1. The first kappa shape index (κ1) is 14.4. The zero-order valence-corrected chi connectivity index (χ0v) is 11.5. The molecule has 1 rings (SSSR count). The monoisotopic (exact) mass is 426 g/mol. The predicted molar refractivity (Wildman–Crippen MR) is 62.9 cm³/mol. The van der Waals surface area contributed by atoms with Crippen molar-refractivity contribution >= 4 is 44.3 Å². The fraction of sp³-hybridized carbons (Fsp3) is 0.286. The quantitative estimate of drug-likeness (QED) is 0.244. The fourth-order valence-electron chi connectivity index (χ4n) is 0.927. The summed E-state index contributed by atoms with van der Waals surface area (Å²) >= 11 is 4.72. The molecule has 1 heterocycles. The molecule has 1 aromatic heterocycles. The predicted octanol–water partition coefficient (Wildman–Crippen LogP) is 3.39. The van der Waals surface area contributed by atoms with Gasteiger partial charge in [-0.15, -0.1) is 13.2 Å². The van der Waals surface area contributed by atoms with Crippen LogP contribution in [0.5, 0.6) is 5.75 Å². The Bertz CT molecular complexity index is 455. The molecule has 0 aromatic carbocycles. The van der Waals surface area contributed by atoms with E-state index in [1.807, 2.05) is 0 Å². The molecule has 0 atom stereocenters. The van der Waals surface area contributed by atoms with Crippen LogP contribution in [0.15, 0.2) is 6.07 Å². The van der Waals surface area contributed by atoms with Crippen molar-refractivity contribution in [2.45, 2.75) is 11.7 Å². The Labute approximate surface area is 115 Å². The fourth-order valence-corrected chi connectivity index (χ4v) is 2.45. The molecular weight excluding hydrogens is 424 g/mol. The molecule has 0 aliphatic carbocycles. The van der Waals surface area contributed by atoms with E-state index in [4.69, 9.17) is 0 Å². The number of hydrogen-bond donors (Lipinski definition) is 0. The van der Waals surface area contributed by atoms with E-state index in [2.05, 4.69) is 25.7 Å². The second-order valence-electron chi connectivity index (χ2n) is 2.70. The summed E-state index contributed by atoms with van der Waals surface area (Å²) in [4.78, 5) is 13.0. The molecule has 0 bridgehead atoms. The Kier molecular flexibility index (Phi) is 4.52. The van der Waals surface area contributed by atoms with E-state index >= 15 is 0 Å². The first-order valence-electron chi connectivity index (χ1n) is 3.90. The van der Waals surface area contributed by atoms with E-state index in [1.165, 1.54) is 0 Å². The molecule has 17 heavy (non-hydrogen) atoms. The van der Waals surface area contributed by atoms with Crippen LogP contribution in [0, 0.1) is 13.8 Å². The van der Waals surface area contributed by atoms with Gasteiger partial charge in [-0.2, -0.15) is 0 Å². The average molecular weight is 427 g/mol. The normalized spacial score (nSPS) is 11.4. The Hall–Kier alpha value is -0.650. The van der Waals surface area contributed by atoms with Crippen molar-refractivity contribution in [1.82, 2.24) is 4.98 Å². The van der Waals surface area contributed by atoms with Crippen LogP contribution in [0.1, 0.15) is 5.56 Å². The van der Waals surface area contributed by atoms with Crippen LogP contribution in [0.4, 0.5) is 19.0 Å². The van der Waals surface area contributed by atoms with Crippen molar-refractivity contribution in [2.24, 2.45) is 0 Å². The lowest BCUT2D eigenvalue weighted by Gasteiger charge is -2.09. The Morgan fingerprint density at radius 3 is 2.59 bits per heavy atom. The lowest BCUT2D eigenvalue weighted by atomic mass is 10.3. The number of aromatic nitrogens is 1. The molecule has 0 saturated carbocycles. The van der Waals surface area contributed by atoms with E-state index in [0.717, 1.165) is 6.07 Å². The number of hydrogen-bond acceptors (Lipinski definition) is 4. The topological polar surface area (TPSA) is 65.3 Å². The zero-order valence-electron chi connectivity index (χ0n) is 7.79. The van der Waals surface area contributed by atoms with Gasteiger partial charge >= 0.3 is 12.2 Å². The summed E-state index contributed by atoms with van der Waals surface area (Å²) in [6.45, 7) is 0. The molecule has 0 fully saturated rings. The highest BCUT2D eigenvalue weighted by Crippen LogP contribution is 2.33. The van der Waals surface area contributed by atoms with Crippen LogP contribution in [-0.2, 0) is 5.33 Å². The number of nitro groups is 1. The first-order chi connectivity index (χ1) is 7.74. The second kappa shape index (κ2) is 5.33. The highest BCUT2D eigenvalue weighted by Gasteiger charge is 2.35. The van der Waals surface area contributed by atoms with E-state index < -0.39 is 22.9 Å². The molecule has 0 aliphatic heterocycles. The summed E-state index contributed by atoms with van der Waals surface area (Å²) < 4.78 is 39.9. The summed E-state index contributed by atoms with van der Waals surface area (Å²) in [5.41, 5.74) is 0.371. The van der Waals surface area contributed by atoms with E-state index in [9.17, 15) is 23.3 Å². The van der Waals surface area contributed by atoms with E-state index in [1.54, 1.807) is 22.6 Å². The van der Waals surface area contributed by atoms with Crippen LogP contribution in [0.2, 0.25) is 0 Å². The Morgan fingerprint density at radius 2 is 2.18 bits per heavy atom. The molecule has 1 aromatic rings. The molecule has 0 saturated heterocycles. The van der Waals surface area contributed by atoms with Crippen molar-refractivity contribution < 1.29 is 22.8 Å². The van der Waals surface area contributed by atoms with Gasteiger partial charge in [0.1, 0.15) is 0 Å². The van der Waals surface area contributed by atoms with Crippen LogP contribution in [0.3, 0.4) is 0 Å². The van der Waals surface area contributed by atoms with Gasteiger partial charge in [-0.1, -0.05) is 15.9 Å². The largest absolute Gasteiger partial charge is 0.573 e. The lowest BCUT2D eigenvalue weighted by molar-refractivity contribution is -0.393. The summed E-state index contributed by atoms with van der Waals surface area (Å²) in [5, 5.41) is 10.8. The number of pyridine rings is 1. The van der Waals surface area contributed by atoms with Crippen molar-refractivity contribution in [2.75, 3.05) is 0 Å². The SMILES string of the molecule is O=[N+]([O-])c1nc(I)c(CBr)cc1OC(F)(F)F. The van der Waals surface area contributed by atoms with Gasteiger partial charge in [-0.25, -0.2) is 0 Å². The van der Waals surface area contributed by atoms with Gasteiger partial charge in [0.2, 0.25) is 9.45 Å². The van der Waals surface area contributed by atoms with Gasteiger partial charge in [0.25, 0.3) is 0 Å². The van der Waals surface area contributed by atoms with Gasteiger partial charge in [0.15, 0.2) is 0 Å². The molecule has 0 radical (unpaired) electrons. The smallest absolute Gasteiger partial charge is 0.397 e. The summed E-state index contributed by atoms with van der Waals surface area (Å²) in [6.07, 6.45) is -5.00. The maximum Gasteiger partial charge on any atom is 0.573 e. The van der Waals surface area contributed by atoms with Crippen molar-refractivity contribution in [3.63, 3.8) is 0 Å². The third-order valence-electron chi connectivity index (χ3n) is 1.54. The zero-order chi connectivity index (χ0) is 13.2. The maximum absolute atomic E-state index is 12.0. The average Bonchev–Trinajstić information content (AvgIpc) is 2.17. The van der Waals surface area contributed by atoms with Crippen molar-refractivity contribution in [3.8, 4) is 5.75 Å². The van der Waals surface area contributed by atoms with E-state index in [0.29, 0.717) is 5.56 Å². The summed E-state index contributed by atoms with van der Waals surface area (Å²) in [7, 11) is 0.